The highest BCUT2D eigenvalue weighted by molar-refractivity contribution is 9.10. The lowest BCUT2D eigenvalue weighted by atomic mass is 9.95. The molecule has 6 heteroatoms. The highest BCUT2D eigenvalue weighted by Crippen LogP contribution is 2.40. The van der Waals surface area contributed by atoms with Crippen LogP contribution < -0.4 is 0 Å². The van der Waals surface area contributed by atoms with Gasteiger partial charge in [0.1, 0.15) is 5.76 Å². The Morgan fingerprint density at radius 3 is 1.62 bits per heavy atom. The first-order chi connectivity index (χ1) is 18.9. The number of Topliss-reactive ketones (excluding diaryl/α,β-unsaturated/α-hetero) is 1. The molecular formula is C33H43Br2NO3. The number of rotatable bonds is 17. The van der Waals surface area contributed by atoms with E-state index in [2.05, 4.69) is 38.8 Å². The summed E-state index contributed by atoms with van der Waals surface area (Å²) < 4.78 is 1.80. The van der Waals surface area contributed by atoms with Gasteiger partial charge in [0.2, 0.25) is 0 Å². The minimum atomic E-state index is -0.617. The van der Waals surface area contributed by atoms with Crippen LogP contribution in [0.15, 0.2) is 63.0 Å². The van der Waals surface area contributed by atoms with Crippen LogP contribution in [0.3, 0.4) is 0 Å². The number of hydrogen-bond donors (Lipinski definition) is 1. The molecule has 1 atom stereocenters. The number of aliphatic hydroxyl groups is 1. The Morgan fingerprint density at radius 1 is 0.692 bits per heavy atom. The summed E-state index contributed by atoms with van der Waals surface area (Å²) in [6.07, 6.45) is 17.7. The lowest BCUT2D eigenvalue weighted by molar-refractivity contribution is -0.139. The van der Waals surface area contributed by atoms with Crippen LogP contribution in [0.1, 0.15) is 114 Å². The molecule has 212 valence electrons. The van der Waals surface area contributed by atoms with E-state index in [0.29, 0.717) is 12.1 Å². The Hall–Kier alpha value is -1.92. The second-order valence-corrected chi connectivity index (χ2v) is 12.5. The zero-order chi connectivity index (χ0) is 28.0. The third-order valence-electron chi connectivity index (χ3n) is 7.60. The Bertz CT molecular complexity index is 1080. The van der Waals surface area contributed by atoms with Crippen LogP contribution in [-0.4, -0.2) is 28.2 Å². The maximum atomic E-state index is 13.2. The minimum absolute atomic E-state index is 0.128. The van der Waals surface area contributed by atoms with Crippen LogP contribution in [-0.2, 0) is 9.59 Å². The Morgan fingerprint density at radius 2 is 1.13 bits per heavy atom. The van der Waals surface area contributed by atoms with E-state index in [1.54, 1.807) is 17.0 Å². The summed E-state index contributed by atoms with van der Waals surface area (Å²) in [5.74, 6) is -1.28. The van der Waals surface area contributed by atoms with Crippen molar-refractivity contribution in [2.45, 2.75) is 103 Å². The fourth-order valence-corrected chi connectivity index (χ4v) is 5.87. The van der Waals surface area contributed by atoms with Crippen LogP contribution in [0.2, 0.25) is 0 Å². The first-order valence-corrected chi connectivity index (χ1v) is 16.3. The molecule has 1 amide bonds. The summed E-state index contributed by atoms with van der Waals surface area (Å²) in [7, 11) is 0. The molecule has 1 N–H and O–H groups in total. The maximum Gasteiger partial charge on any atom is 0.295 e. The van der Waals surface area contributed by atoms with Crippen molar-refractivity contribution in [1.82, 2.24) is 4.90 Å². The molecule has 1 aliphatic heterocycles. The van der Waals surface area contributed by atoms with E-state index in [1.807, 2.05) is 36.4 Å². The molecule has 1 saturated heterocycles. The van der Waals surface area contributed by atoms with Crippen LogP contribution in [0, 0.1) is 0 Å². The van der Waals surface area contributed by atoms with Gasteiger partial charge in [0.15, 0.2) is 0 Å². The van der Waals surface area contributed by atoms with Crippen LogP contribution in [0.4, 0.5) is 0 Å². The van der Waals surface area contributed by atoms with Gasteiger partial charge >= 0.3 is 0 Å². The first kappa shape index (κ1) is 31.6. The van der Waals surface area contributed by atoms with Gasteiger partial charge in [-0.1, -0.05) is 147 Å². The molecule has 3 rings (SSSR count). The molecule has 0 bridgehead atoms. The number of nitrogens with zero attached hydrogens (tertiary/aromatic N) is 1. The van der Waals surface area contributed by atoms with Crippen molar-refractivity contribution in [1.29, 1.82) is 0 Å². The quantitative estimate of drug-likeness (QED) is 0.0795. The number of likely N-dealkylation sites (tertiary alicyclic amines) is 1. The van der Waals surface area contributed by atoms with E-state index in [1.165, 1.54) is 70.6 Å². The molecule has 2 aromatic rings. The Balaban J connectivity index is 1.52. The van der Waals surface area contributed by atoms with Gasteiger partial charge in [-0.3, -0.25) is 9.59 Å². The molecule has 2 aromatic carbocycles. The van der Waals surface area contributed by atoms with E-state index in [0.717, 1.165) is 33.8 Å². The summed E-state index contributed by atoms with van der Waals surface area (Å²) in [6.45, 7) is 2.76. The van der Waals surface area contributed by atoms with Gasteiger partial charge < -0.3 is 10.0 Å². The number of unbranched alkanes of at least 4 members (excludes halogenated alkanes) is 13. The smallest absolute Gasteiger partial charge is 0.295 e. The predicted octanol–water partition coefficient (Wildman–Crippen LogP) is 10.1. The molecule has 1 heterocycles. The third-order valence-corrected chi connectivity index (χ3v) is 8.65. The number of amides is 1. The van der Waals surface area contributed by atoms with Crippen molar-refractivity contribution in [2.24, 2.45) is 0 Å². The molecule has 0 aliphatic carbocycles. The molecule has 0 saturated carbocycles. The lowest BCUT2D eigenvalue weighted by Crippen LogP contribution is -2.30. The van der Waals surface area contributed by atoms with Crippen molar-refractivity contribution < 1.29 is 14.7 Å². The van der Waals surface area contributed by atoms with Crippen LogP contribution in [0.25, 0.3) is 5.76 Å². The van der Waals surface area contributed by atoms with Crippen molar-refractivity contribution in [3.63, 3.8) is 0 Å². The maximum absolute atomic E-state index is 13.2. The second-order valence-electron chi connectivity index (χ2n) is 10.6. The number of carbonyl (C=O) groups is 2. The van der Waals surface area contributed by atoms with Gasteiger partial charge in [-0.2, -0.15) is 0 Å². The summed E-state index contributed by atoms with van der Waals surface area (Å²) in [6, 6.07) is 14.2. The molecule has 4 nitrogen and oxygen atoms in total. The normalized spacial score (nSPS) is 16.8. The number of benzene rings is 2. The summed E-state index contributed by atoms with van der Waals surface area (Å²) in [5.41, 5.74) is 1.51. The van der Waals surface area contributed by atoms with E-state index < -0.39 is 17.7 Å². The number of aliphatic hydroxyl groups excluding tert-OH is 1. The zero-order valence-electron chi connectivity index (χ0n) is 23.3. The second kappa shape index (κ2) is 17.0. The third kappa shape index (κ3) is 9.60. The van der Waals surface area contributed by atoms with Crippen molar-refractivity contribution in [3.8, 4) is 0 Å². The molecule has 0 spiro atoms. The fourth-order valence-electron chi connectivity index (χ4n) is 5.34. The number of halogens is 2. The van der Waals surface area contributed by atoms with Crippen molar-refractivity contribution in [3.05, 3.63) is 74.2 Å². The summed E-state index contributed by atoms with van der Waals surface area (Å²) >= 11 is 6.87. The summed E-state index contributed by atoms with van der Waals surface area (Å²) in [5, 5.41) is 11.2. The van der Waals surface area contributed by atoms with Gasteiger partial charge in [-0.25, -0.2) is 0 Å². The number of hydrogen-bond acceptors (Lipinski definition) is 3. The van der Waals surface area contributed by atoms with E-state index in [4.69, 9.17) is 0 Å². The van der Waals surface area contributed by atoms with E-state index in [-0.39, 0.29) is 11.3 Å². The van der Waals surface area contributed by atoms with Gasteiger partial charge in [-0.05, 0) is 36.2 Å². The number of carbonyl (C=O) groups excluding carboxylic acids is 2. The van der Waals surface area contributed by atoms with Gasteiger partial charge in [-0.15, -0.1) is 0 Å². The molecule has 0 aromatic heterocycles. The lowest BCUT2D eigenvalue weighted by Gasteiger charge is -2.25. The Kier molecular flexibility index (Phi) is 13.8. The van der Waals surface area contributed by atoms with Crippen LogP contribution >= 0.6 is 31.9 Å². The largest absolute Gasteiger partial charge is 0.507 e. The molecule has 0 radical (unpaired) electrons. The highest BCUT2D eigenvalue weighted by atomic mass is 79.9. The average Bonchev–Trinajstić information content (AvgIpc) is 3.18. The highest BCUT2D eigenvalue weighted by Gasteiger charge is 2.45. The van der Waals surface area contributed by atoms with Crippen molar-refractivity contribution >= 4 is 49.3 Å². The topological polar surface area (TPSA) is 57.6 Å². The molecule has 1 aliphatic rings. The Labute approximate surface area is 251 Å². The van der Waals surface area contributed by atoms with Crippen LogP contribution in [0.5, 0.6) is 0 Å². The standard InChI is InChI=1S/C33H43Br2NO3/c1-2-3-4-5-6-7-8-9-10-11-12-13-14-15-24-36-30(25-16-20-27(34)21-17-25)29(32(38)33(36)39)31(37)26-18-22-28(35)23-19-26/h16-23,30,37H,2-15,24H2,1H3/t30-/m1/s1. The first-order valence-electron chi connectivity index (χ1n) is 14.7. The average molecular weight is 662 g/mol. The molecule has 0 unspecified atom stereocenters. The molecular weight excluding hydrogens is 618 g/mol. The van der Waals surface area contributed by atoms with Gasteiger partial charge in [0, 0.05) is 21.1 Å². The predicted molar refractivity (Wildman–Crippen MR) is 168 cm³/mol. The molecule has 1 fully saturated rings. The van der Waals surface area contributed by atoms with Crippen molar-refractivity contribution in [2.75, 3.05) is 6.54 Å². The SMILES string of the molecule is CCCCCCCCCCCCCCCCN1C(=O)C(=O)C(=C(O)c2ccc(Br)cc2)[C@H]1c1ccc(Br)cc1. The minimum Gasteiger partial charge on any atom is -0.507 e. The van der Waals surface area contributed by atoms with Gasteiger partial charge in [0.25, 0.3) is 11.7 Å². The zero-order valence-corrected chi connectivity index (χ0v) is 26.4. The molecule has 39 heavy (non-hydrogen) atoms. The van der Waals surface area contributed by atoms with Gasteiger partial charge in [0.05, 0.1) is 11.6 Å². The van der Waals surface area contributed by atoms with E-state index in [9.17, 15) is 14.7 Å². The monoisotopic (exact) mass is 659 g/mol. The number of ketones is 1. The van der Waals surface area contributed by atoms with E-state index >= 15 is 0 Å². The summed E-state index contributed by atoms with van der Waals surface area (Å²) in [4.78, 5) is 28.0. The fraction of sp³-hybridized carbons (Fsp3) is 0.515.